The second-order valence-corrected chi connectivity index (χ2v) is 5.67. The fourth-order valence-electron chi connectivity index (χ4n) is 2.99. The van der Waals surface area contributed by atoms with Crippen molar-refractivity contribution in [2.45, 2.75) is 32.2 Å². The summed E-state index contributed by atoms with van der Waals surface area (Å²) in [7, 11) is 0. The molecule has 2 rings (SSSR count). The first-order chi connectivity index (χ1) is 10.1. The molecule has 0 saturated heterocycles. The fraction of sp³-hybridized carbons (Fsp3) is 0.500. The number of hydrogen-bond acceptors (Lipinski definition) is 3. The number of amides is 2. The predicted molar refractivity (Wildman–Crippen MR) is 81.3 cm³/mol. The number of primary amides is 1. The number of nitrogens with two attached hydrogens (primary N) is 2. The molecule has 21 heavy (non-hydrogen) atoms. The van der Waals surface area contributed by atoms with Crippen LogP contribution in [0.4, 0.5) is 0 Å². The topological polar surface area (TPSA) is 98.2 Å². The zero-order valence-corrected chi connectivity index (χ0v) is 12.2. The van der Waals surface area contributed by atoms with Crippen molar-refractivity contribution in [3.63, 3.8) is 0 Å². The summed E-state index contributed by atoms with van der Waals surface area (Å²) in [5.41, 5.74) is 12.3. The molecule has 1 aromatic rings. The van der Waals surface area contributed by atoms with Crippen LogP contribution in [0.2, 0.25) is 0 Å². The lowest BCUT2D eigenvalue weighted by atomic mass is 9.79. The average Bonchev–Trinajstić information content (AvgIpc) is 2.52. The summed E-state index contributed by atoms with van der Waals surface area (Å²) >= 11 is 0. The molecule has 1 fully saturated rings. The van der Waals surface area contributed by atoms with Crippen molar-refractivity contribution >= 4 is 11.8 Å². The average molecular weight is 289 g/mol. The lowest BCUT2D eigenvalue weighted by Crippen LogP contribution is -2.39. The van der Waals surface area contributed by atoms with Crippen LogP contribution < -0.4 is 16.8 Å². The molecule has 2 unspecified atom stereocenters. The Hall–Kier alpha value is -1.88. The van der Waals surface area contributed by atoms with Gasteiger partial charge in [-0.05, 0) is 43.0 Å². The third-order valence-corrected chi connectivity index (χ3v) is 4.23. The molecule has 1 aliphatic rings. The van der Waals surface area contributed by atoms with Gasteiger partial charge in [0.2, 0.25) is 11.8 Å². The van der Waals surface area contributed by atoms with Crippen LogP contribution >= 0.6 is 0 Å². The number of nitrogens with one attached hydrogen (secondary N) is 1. The SMILES string of the molecule is NCC1CCCCC1C(=O)NCc1cccc(C(N)=O)c1. The van der Waals surface area contributed by atoms with Crippen molar-refractivity contribution in [3.05, 3.63) is 35.4 Å². The van der Waals surface area contributed by atoms with Crippen molar-refractivity contribution in [2.75, 3.05) is 6.54 Å². The molecule has 1 saturated carbocycles. The molecule has 0 radical (unpaired) electrons. The Bertz CT molecular complexity index is 516. The Kier molecular flexibility index (Phi) is 5.33. The number of benzene rings is 1. The van der Waals surface area contributed by atoms with Crippen LogP contribution in [0.3, 0.4) is 0 Å². The van der Waals surface area contributed by atoms with E-state index in [4.69, 9.17) is 11.5 Å². The Balaban J connectivity index is 1.94. The van der Waals surface area contributed by atoms with E-state index in [1.54, 1.807) is 18.2 Å². The Morgan fingerprint density at radius 2 is 2.00 bits per heavy atom. The van der Waals surface area contributed by atoms with E-state index >= 15 is 0 Å². The van der Waals surface area contributed by atoms with Gasteiger partial charge in [0.25, 0.3) is 0 Å². The van der Waals surface area contributed by atoms with Gasteiger partial charge in [0.15, 0.2) is 0 Å². The number of rotatable bonds is 5. The summed E-state index contributed by atoms with van der Waals surface area (Å²) in [6, 6.07) is 7.02. The van der Waals surface area contributed by atoms with Gasteiger partial charge in [-0.15, -0.1) is 0 Å². The molecule has 2 amide bonds. The van der Waals surface area contributed by atoms with E-state index in [0.717, 1.165) is 31.2 Å². The summed E-state index contributed by atoms with van der Waals surface area (Å²) < 4.78 is 0. The van der Waals surface area contributed by atoms with Crippen LogP contribution in [0, 0.1) is 11.8 Å². The maximum absolute atomic E-state index is 12.3. The summed E-state index contributed by atoms with van der Waals surface area (Å²) in [5.74, 6) is -0.0907. The number of carbonyl (C=O) groups is 2. The van der Waals surface area contributed by atoms with Gasteiger partial charge in [-0.2, -0.15) is 0 Å². The molecule has 0 aromatic heterocycles. The fourth-order valence-corrected chi connectivity index (χ4v) is 2.99. The van der Waals surface area contributed by atoms with Gasteiger partial charge in [0.05, 0.1) is 0 Å². The van der Waals surface area contributed by atoms with Gasteiger partial charge in [0, 0.05) is 18.0 Å². The Morgan fingerprint density at radius 1 is 1.24 bits per heavy atom. The van der Waals surface area contributed by atoms with Crippen LogP contribution in [0.25, 0.3) is 0 Å². The maximum Gasteiger partial charge on any atom is 0.248 e. The molecule has 5 nitrogen and oxygen atoms in total. The van der Waals surface area contributed by atoms with Gasteiger partial charge >= 0.3 is 0 Å². The van der Waals surface area contributed by atoms with Gasteiger partial charge in [-0.3, -0.25) is 9.59 Å². The highest BCUT2D eigenvalue weighted by molar-refractivity contribution is 5.92. The zero-order chi connectivity index (χ0) is 15.2. The normalized spacial score (nSPS) is 21.8. The number of carbonyl (C=O) groups excluding carboxylic acids is 2. The monoisotopic (exact) mass is 289 g/mol. The molecule has 0 heterocycles. The lowest BCUT2D eigenvalue weighted by molar-refractivity contribution is -0.127. The smallest absolute Gasteiger partial charge is 0.248 e. The third kappa shape index (κ3) is 4.04. The largest absolute Gasteiger partial charge is 0.366 e. The first kappa shape index (κ1) is 15.5. The first-order valence-corrected chi connectivity index (χ1v) is 7.48. The first-order valence-electron chi connectivity index (χ1n) is 7.48. The molecule has 0 spiro atoms. The van der Waals surface area contributed by atoms with Crippen molar-refractivity contribution in [2.24, 2.45) is 23.3 Å². The third-order valence-electron chi connectivity index (χ3n) is 4.23. The highest BCUT2D eigenvalue weighted by Crippen LogP contribution is 2.29. The van der Waals surface area contributed by atoms with Crippen LogP contribution in [-0.2, 0) is 11.3 Å². The van der Waals surface area contributed by atoms with Gasteiger partial charge < -0.3 is 16.8 Å². The molecule has 114 valence electrons. The zero-order valence-electron chi connectivity index (χ0n) is 12.2. The quantitative estimate of drug-likeness (QED) is 0.758. The van der Waals surface area contributed by atoms with E-state index in [0.29, 0.717) is 18.7 Å². The minimum absolute atomic E-state index is 0.0167. The van der Waals surface area contributed by atoms with Gasteiger partial charge in [0.1, 0.15) is 0 Å². The van der Waals surface area contributed by atoms with E-state index in [1.807, 2.05) is 6.07 Å². The predicted octanol–water partition coefficient (Wildman–Crippen LogP) is 1.17. The van der Waals surface area contributed by atoms with Crippen molar-refractivity contribution < 1.29 is 9.59 Å². The van der Waals surface area contributed by atoms with Gasteiger partial charge in [-0.1, -0.05) is 25.0 Å². The lowest BCUT2D eigenvalue weighted by Gasteiger charge is -2.29. The van der Waals surface area contributed by atoms with E-state index in [1.165, 1.54) is 0 Å². The summed E-state index contributed by atoms with van der Waals surface area (Å²) in [5, 5.41) is 2.95. The van der Waals surface area contributed by atoms with E-state index in [2.05, 4.69) is 5.32 Å². The maximum atomic E-state index is 12.3. The van der Waals surface area contributed by atoms with E-state index in [9.17, 15) is 9.59 Å². The standard InChI is InChI=1S/C16H23N3O2/c17-9-13-5-1-2-7-14(13)16(21)19-10-11-4-3-6-12(8-11)15(18)20/h3-4,6,8,13-14H,1-2,5,7,9-10,17H2,(H2,18,20)(H,19,21). The van der Waals surface area contributed by atoms with Crippen LogP contribution in [0.1, 0.15) is 41.6 Å². The van der Waals surface area contributed by atoms with E-state index in [-0.39, 0.29) is 17.7 Å². The summed E-state index contributed by atoms with van der Waals surface area (Å²) in [4.78, 5) is 23.4. The van der Waals surface area contributed by atoms with Crippen molar-refractivity contribution in [1.29, 1.82) is 0 Å². The molecule has 0 bridgehead atoms. The highest BCUT2D eigenvalue weighted by Gasteiger charge is 2.29. The molecule has 0 aliphatic heterocycles. The van der Waals surface area contributed by atoms with Crippen molar-refractivity contribution in [3.8, 4) is 0 Å². The summed E-state index contributed by atoms with van der Waals surface area (Å²) in [6.45, 7) is 0.975. The molecule has 2 atom stereocenters. The summed E-state index contributed by atoms with van der Waals surface area (Å²) in [6.07, 6.45) is 4.19. The molecule has 1 aliphatic carbocycles. The molecular weight excluding hydrogens is 266 g/mol. The molecule has 5 N–H and O–H groups in total. The highest BCUT2D eigenvalue weighted by atomic mass is 16.2. The Morgan fingerprint density at radius 3 is 2.71 bits per heavy atom. The van der Waals surface area contributed by atoms with Crippen LogP contribution in [0.15, 0.2) is 24.3 Å². The van der Waals surface area contributed by atoms with Crippen LogP contribution in [0.5, 0.6) is 0 Å². The second-order valence-electron chi connectivity index (χ2n) is 5.67. The van der Waals surface area contributed by atoms with Crippen LogP contribution in [-0.4, -0.2) is 18.4 Å². The van der Waals surface area contributed by atoms with Gasteiger partial charge in [-0.25, -0.2) is 0 Å². The van der Waals surface area contributed by atoms with E-state index < -0.39 is 5.91 Å². The minimum atomic E-state index is -0.460. The van der Waals surface area contributed by atoms with Crippen molar-refractivity contribution in [1.82, 2.24) is 5.32 Å². The number of hydrogen-bond donors (Lipinski definition) is 3. The Labute approximate surface area is 125 Å². The second kappa shape index (κ2) is 7.22. The molecule has 1 aromatic carbocycles. The molecule has 5 heteroatoms. The minimum Gasteiger partial charge on any atom is -0.366 e. The molecular formula is C16H23N3O2.